The zero-order chi connectivity index (χ0) is 15.8. The van der Waals surface area contributed by atoms with Crippen LogP contribution in [0.1, 0.15) is 12.8 Å². The van der Waals surface area contributed by atoms with Gasteiger partial charge in [-0.2, -0.15) is 0 Å². The van der Waals surface area contributed by atoms with E-state index in [4.69, 9.17) is 9.84 Å². The number of hydrogen-bond acceptors (Lipinski definition) is 7. The van der Waals surface area contributed by atoms with E-state index in [-0.39, 0.29) is 32.8 Å². The fourth-order valence-electron chi connectivity index (χ4n) is 1.28. The molecule has 116 valence electrons. The largest absolute Gasteiger partial charge is 0.494 e. The third-order valence-electron chi connectivity index (χ3n) is 2.27. The van der Waals surface area contributed by atoms with Crippen LogP contribution >= 0.6 is 0 Å². The van der Waals surface area contributed by atoms with Crippen LogP contribution in [0.4, 0.5) is 0 Å². The molecule has 0 unspecified atom stereocenters. The Morgan fingerprint density at radius 2 is 1.95 bits per heavy atom. The number of aromatic amines is 1. The molecule has 0 aliphatic heterocycles. The maximum atomic E-state index is 11.3. The molecule has 21 heavy (non-hydrogen) atoms. The standard InChI is InChI=1S/C11H14N2O8/c14-7-5-8(15)13(11(19)12-7)6-20-3-4-21-10(18)2-1-9(16)17/h5,15H,1-4,6H2,(H,16,17)(H,12,14,19). The predicted octanol–water partition coefficient (Wildman–Crippen LogP) is -1.38. The summed E-state index contributed by atoms with van der Waals surface area (Å²) in [4.78, 5) is 45.4. The highest BCUT2D eigenvalue weighted by Gasteiger charge is 2.07. The average molecular weight is 302 g/mol. The summed E-state index contributed by atoms with van der Waals surface area (Å²) in [6.45, 7) is -0.532. The Morgan fingerprint density at radius 3 is 2.57 bits per heavy atom. The van der Waals surface area contributed by atoms with Gasteiger partial charge in [-0.1, -0.05) is 0 Å². The van der Waals surface area contributed by atoms with Crippen LogP contribution in [0.25, 0.3) is 0 Å². The average Bonchev–Trinajstić information content (AvgIpc) is 2.38. The van der Waals surface area contributed by atoms with Gasteiger partial charge in [-0.25, -0.2) is 9.36 Å². The molecule has 0 spiro atoms. The fourth-order valence-corrected chi connectivity index (χ4v) is 1.28. The minimum absolute atomic E-state index is 0.0657. The zero-order valence-electron chi connectivity index (χ0n) is 10.9. The number of H-pyrrole nitrogens is 1. The van der Waals surface area contributed by atoms with Gasteiger partial charge in [0.2, 0.25) is 5.88 Å². The number of nitrogens with one attached hydrogen (secondary N) is 1. The number of carboxylic acid groups (broad SMARTS) is 1. The summed E-state index contributed by atoms with van der Waals surface area (Å²) in [5, 5.41) is 17.7. The summed E-state index contributed by atoms with van der Waals surface area (Å²) >= 11 is 0. The second-order valence-electron chi connectivity index (χ2n) is 3.88. The Kier molecular flexibility index (Phi) is 6.14. The van der Waals surface area contributed by atoms with E-state index >= 15 is 0 Å². The minimum atomic E-state index is -1.10. The van der Waals surface area contributed by atoms with Crippen LogP contribution < -0.4 is 11.2 Å². The molecular weight excluding hydrogens is 288 g/mol. The number of esters is 1. The van der Waals surface area contributed by atoms with Crippen LogP contribution in [-0.4, -0.2) is 44.9 Å². The third-order valence-corrected chi connectivity index (χ3v) is 2.27. The first kappa shape index (κ1) is 16.4. The smallest absolute Gasteiger partial charge is 0.333 e. The van der Waals surface area contributed by atoms with E-state index in [0.717, 1.165) is 10.6 Å². The summed E-state index contributed by atoms with van der Waals surface area (Å²) in [5.41, 5.74) is -1.57. The number of nitrogens with zero attached hydrogens (tertiary/aromatic N) is 1. The first-order valence-corrected chi connectivity index (χ1v) is 5.88. The van der Waals surface area contributed by atoms with Gasteiger partial charge in [0, 0.05) is 0 Å². The van der Waals surface area contributed by atoms with Crippen molar-refractivity contribution in [2.75, 3.05) is 13.2 Å². The van der Waals surface area contributed by atoms with E-state index < -0.39 is 29.1 Å². The minimum Gasteiger partial charge on any atom is -0.494 e. The Labute approximate surface area is 117 Å². The molecule has 1 rings (SSSR count). The van der Waals surface area contributed by atoms with E-state index in [1.165, 1.54) is 0 Å². The van der Waals surface area contributed by atoms with Crippen LogP contribution in [-0.2, 0) is 25.8 Å². The number of aliphatic carboxylic acids is 1. The van der Waals surface area contributed by atoms with E-state index in [0.29, 0.717) is 0 Å². The van der Waals surface area contributed by atoms with Gasteiger partial charge >= 0.3 is 17.6 Å². The van der Waals surface area contributed by atoms with Crippen molar-refractivity contribution < 1.29 is 29.3 Å². The van der Waals surface area contributed by atoms with Crippen LogP contribution in [0.15, 0.2) is 15.7 Å². The number of rotatable bonds is 8. The quantitative estimate of drug-likeness (QED) is 0.393. The van der Waals surface area contributed by atoms with Crippen LogP contribution in [0.3, 0.4) is 0 Å². The van der Waals surface area contributed by atoms with Crippen molar-refractivity contribution in [2.24, 2.45) is 0 Å². The molecule has 0 radical (unpaired) electrons. The first-order valence-electron chi connectivity index (χ1n) is 5.88. The molecule has 1 aromatic heterocycles. The van der Waals surface area contributed by atoms with E-state index in [9.17, 15) is 24.3 Å². The molecule has 0 bridgehead atoms. The lowest BCUT2D eigenvalue weighted by Gasteiger charge is -2.08. The monoisotopic (exact) mass is 302 g/mol. The molecule has 1 heterocycles. The van der Waals surface area contributed by atoms with Gasteiger partial charge in [-0.15, -0.1) is 0 Å². The topological polar surface area (TPSA) is 148 Å². The van der Waals surface area contributed by atoms with Crippen LogP contribution in [0.5, 0.6) is 5.88 Å². The third kappa shape index (κ3) is 5.91. The van der Waals surface area contributed by atoms with Crippen molar-refractivity contribution in [3.8, 4) is 5.88 Å². The van der Waals surface area contributed by atoms with Crippen molar-refractivity contribution >= 4 is 11.9 Å². The number of aromatic nitrogens is 2. The van der Waals surface area contributed by atoms with Crippen LogP contribution in [0, 0.1) is 0 Å². The molecule has 0 aromatic carbocycles. The molecule has 0 saturated carbocycles. The molecule has 10 heteroatoms. The Balaban J connectivity index is 2.29. The van der Waals surface area contributed by atoms with Gasteiger partial charge in [0.25, 0.3) is 5.56 Å². The fraction of sp³-hybridized carbons (Fsp3) is 0.455. The number of carboxylic acids is 1. The maximum Gasteiger partial charge on any atom is 0.333 e. The summed E-state index contributed by atoms with van der Waals surface area (Å²) in [5.74, 6) is -2.33. The molecular formula is C11H14N2O8. The summed E-state index contributed by atoms with van der Waals surface area (Å²) in [6, 6.07) is 0.816. The highest BCUT2D eigenvalue weighted by molar-refractivity contribution is 5.76. The molecule has 0 atom stereocenters. The first-order chi connectivity index (χ1) is 9.90. The number of aromatic hydroxyl groups is 1. The second-order valence-corrected chi connectivity index (χ2v) is 3.88. The Morgan fingerprint density at radius 1 is 1.24 bits per heavy atom. The highest BCUT2D eigenvalue weighted by atomic mass is 16.6. The Hall–Kier alpha value is -2.62. The van der Waals surface area contributed by atoms with Gasteiger partial charge < -0.3 is 19.7 Å². The van der Waals surface area contributed by atoms with Crippen molar-refractivity contribution in [1.82, 2.24) is 9.55 Å². The summed E-state index contributed by atoms with van der Waals surface area (Å²) < 4.78 is 10.4. The van der Waals surface area contributed by atoms with Crippen molar-refractivity contribution in [3.63, 3.8) is 0 Å². The molecule has 1 aromatic rings. The van der Waals surface area contributed by atoms with Gasteiger partial charge in [0.05, 0.1) is 25.5 Å². The second kappa shape index (κ2) is 7.85. The Bertz CT molecular complexity index is 617. The zero-order valence-corrected chi connectivity index (χ0v) is 10.9. The van der Waals surface area contributed by atoms with Gasteiger partial charge in [-0.3, -0.25) is 19.4 Å². The lowest BCUT2D eigenvalue weighted by molar-refractivity contribution is -0.149. The number of hydrogen-bond donors (Lipinski definition) is 3. The molecule has 0 saturated heterocycles. The van der Waals surface area contributed by atoms with Crippen molar-refractivity contribution in [2.45, 2.75) is 19.6 Å². The molecule has 3 N–H and O–H groups in total. The van der Waals surface area contributed by atoms with E-state index in [1.807, 2.05) is 4.98 Å². The lowest BCUT2D eigenvalue weighted by atomic mass is 10.3. The van der Waals surface area contributed by atoms with Gasteiger partial charge in [-0.05, 0) is 0 Å². The normalized spacial score (nSPS) is 10.3. The van der Waals surface area contributed by atoms with E-state index in [1.54, 1.807) is 0 Å². The number of carbonyl (C=O) groups excluding carboxylic acids is 1. The molecule has 0 aliphatic carbocycles. The molecule has 0 aliphatic rings. The SMILES string of the molecule is O=C(O)CCC(=O)OCCOCn1c(O)cc(=O)[nH]c1=O. The van der Waals surface area contributed by atoms with E-state index in [2.05, 4.69) is 4.74 Å². The highest BCUT2D eigenvalue weighted by Crippen LogP contribution is 2.00. The predicted molar refractivity (Wildman–Crippen MR) is 66.8 cm³/mol. The number of ether oxygens (including phenoxy) is 2. The van der Waals surface area contributed by atoms with Crippen molar-refractivity contribution in [3.05, 3.63) is 26.9 Å². The van der Waals surface area contributed by atoms with Crippen LogP contribution in [0.2, 0.25) is 0 Å². The molecule has 0 amide bonds. The maximum absolute atomic E-state index is 11.3. The number of carbonyl (C=O) groups is 2. The molecule has 0 fully saturated rings. The summed E-state index contributed by atoms with van der Waals surface area (Å²) in [6.07, 6.45) is -0.560. The van der Waals surface area contributed by atoms with Crippen molar-refractivity contribution in [1.29, 1.82) is 0 Å². The lowest BCUT2D eigenvalue weighted by Crippen LogP contribution is -2.30. The van der Waals surface area contributed by atoms with Gasteiger partial charge in [0.1, 0.15) is 13.3 Å². The molecule has 10 nitrogen and oxygen atoms in total. The summed E-state index contributed by atoms with van der Waals surface area (Å²) in [7, 11) is 0. The van der Waals surface area contributed by atoms with Gasteiger partial charge in [0.15, 0.2) is 0 Å².